The van der Waals surface area contributed by atoms with Crippen LogP contribution in [0.3, 0.4) is 0 Å². The molecule has 0 bridgehead atoms. The van der Waals surface area contributed by atoms with E-state index in [1.807, 2.05) is 17.0 Å². The fourth-order valence-electron chi connectivity index (χ4n) is 2.99. The second kappa shape index (κ2) is 7.79. The fraction of sp³-hybridized carbons (Fsp3) is 0.529. The molecule has 6 heteroatoms. The molecule has 5 nitrogen and oxygen atoms in total. The van der Waals surface area contributed by atoms with E-state index in [0.29, 0.717) is 5.02 Å². The maximum atomic E-state index is 12.7. The van der Waals surface area contributed by atoms with E-state index in [2.05, 4.69) is 24.2 Å². The Labute approximate surface area is 142 Å². The normalized spacial score (nSPS) is 20.2. The molecule has 2 atom stereocenters. The number of carbonyl (C=O) groups excluding carboxylic acids is 2. The van der Waals surface area contributed by atoms with Crippen molar-refractivity contribution in [2.45, 2.75) is 32.4 Å². The molecule has 2 unspecified atom stereocenters. The molecule has 0 saturated carbocycles. The molecule has 1 aromatic rings. The van der Waals surface area contributed by atoms with E-state index in [1.54, 1.807) is 12.1 Å². The van der Waals surface area contributed by atoms with Gasteiger partial charge in [0.25, 0.3) is 0 Å². The zero-order valence-electron chi connectivity index (χ0n) is 13.9. The molecule has 1 fully saturated rings. The standard InChI is InChI=1S/C17H24ClN3O2/c1-12-11-20(3)8-9-21(12)17(23)10-16(19-13(2)22)14-4-6-15(18)7-5-14/h4-7,12,16H,8-11H2,1-3H3,(H,19,22). The van der Waals surface area contributed by atoms with Gasteiger partial charge in [0.15, 0.2) is 0 Å². The molecule has 1 heterocycles. The van der Waals surface area contributed by atoms with E-state index in [9.17, 15) is 9.59 Å². The second-order valence-corrected chi connectivity index (χ2v) is 6.64. The molecule has 0 aromatic heterocycles. The Morgan fingerprint density at radius 1 is 1.30 bits per heavy atom. The third-order valence-corrected chi connectivity index (χ3v) is 4.43. The van der Waals surface area contributed by atoms with Gasteiger partial charge in [-0.1, -0.05) is 23.7 Å². The van der Waals surface area contributed by atoms with Gasteiger partial charge in [-0.3, -0.25) is 9.59 Å². The van der Waals surface area contributed by atoms with Crippen molar-refractivity contribution in [3.05, 3.63) is 34.9 Å². The molecule has 2 amide bonds. The lowest BCUT2D eigenvalue weighted by Crippen LogP contribution is -2.53. The molecule has 0 aliphatic carbocycles. The first-order valence-corrected chi connectivity index (χ1v) is 8.25. The van der Waals surface area contributed by atoms with Gasteiger partial charge in [-0.25, -0.2) is 0 Å². The maximum absolute atomic E-state index is 12.7. The summed E-state index contributed by atoms with van der Waals surface area (Å²) in [5.41, 5.74) is 0.889. The first-order valence-electron chi connectivity index (χ1n) is 7.87. The van der Waals surface area contributed by atoms with Crippen molar-refractivity contribution < 1.29 is 9.59 Å². The fourth-order valence-corrected chi connectivity index (χ4v) is 3.12. The van der Waals surface area contributed by atoms with E-state index in [0.717, 1.165) is 25.2 Å². The molecule has 0 spiro atoms. The summed E-state index contributed by atoms with van der Waals surface area (Å²) in [6.45, 7) is 6.00. The Bertz CT molecular complexity index is 561. The highest BCUT2D eigenvalue weighted by Gasteiger charge is 2.28. The molecular formula is C17H24ClN3O2. The number of piperazine rings is 1. The van der Waals surface area contributed by atoms with Crippen LogP contribution in [0.15, 0.2) is 24.3 Å². The van der Waals surface area contributed by atoms with Crippen molar-refractivity contribution in [3.63, 3.8) is 0 Å². The Balaban J connectivity index is 2.09. The molecule has 0 radical (unpaired) electrons. The van der Waals surface area contributed by atoms with Crippen molar-refractivity contribution >= 4 is 23.4 Å². The Hall–Kier alpha value is -1.59. The van der Waals surface area contributed by atoms with E-state index >= 15 is 0 Å². The number of nitrogens with zero attached hydrogens (tertiary/aromatic N) is 2. The third-order valence-electron chi connectivity index (χ3n) is 4.18. The number of rotatable bonds is 4. The highest BCUT2D eigenvalue weighted by Crippen LogP contribution is 2.21. The molecule has 2 rings (SSSR count). The zero-order chi connectivity index (χ0) is 17.0. The first-order chi connectivity index (χ1) is 10.9. The summed E-state index contributed by atoms with van der Waals surface area (Å²) in [5.74, 6) is -0.0801. The van der Waals surface area contributed by atoms with Gasteiger partial charge >= 0.3 is 0 Å². The number of benzene rings is 1. The van der Waals surface area contributed by atoms with Crippen LogP contribution in [-0.4, -0.2) is 54.3 Å². The number of hydrogen-bond donors (Lipinski definition) is 1. The minimum absolute atomic E-state index is 0.0688. The quantitative estimate of drug-likeness (QED) is 0.915. The summed E-state index contributed by atoms with van der Waals surface area (Å²) in [5, 5.41) is 3.50. The second-order valence-electron chi connectivity index (χ2n) is 6.21. The van der Waals surface area contributed by atoms with Crippen molar-refractivity contribution in [1.82, 2.24) is 15.1 Å². The number of likely N-dealkylation sites (N-methyl/N-ethyl adjacent to an activating group) is 1. The lowest BCUT2D eigenvalue weighted by molar-refractivity contribution is -0.136. The number of carbonyl (C=O) groups is 2. The van der Waals surface area contributed by atoms with Gasteiger partial charge < -0.3 is 15.1 Å². The molecular weight excluding hydrogens is 314 g/mol. The molecule has 1 saturated heterocycles. The lowest BCUT2D eigenvalue weighted by Gasteiger charge is -2.39. The van der Waals surface area contributed by atoms with Gasteiger partial charge in [0, 0.05) is 37.6 Å². The molecule has 1 aromatic carbocycles. The van der Waals surface area contributed by atoms with Crippen LogP contribution in [0.5, 0.6) is 0 Å². The maximum Gasteiger partial charge on any atom is 0.225 e. The Kier molecular flexibility index (Phi) is 6.02. The summed E-state index contributed by atoms with van der Waals surface area (Å²) < 4.78 is 0. The van der Waals surface area contributed by atoms with E-state index in [1.165, 1.54) is 6.92 Å². The molecule has 23 heavy (non-hydrogen) atoms. The third kappa shape index (κ3) is 4.94. The molecule has 1 aliphatic rings. The number of hydrogen-bond acceptors (Lipinski definition) is 3. The molecule has 1 N–H and O–H groups in total. The average molecular weight is 338 g/mol. The summed E-state index contributed by atoms with van der Waals surface area (Å²) in [6.07, 6.45) is 0.259. The van der Waals surface area contributed by atoms with Gasteiger partial charge in [0.2, 0.25) is 11.8 Å². The Morgan fingerprint density at radius 2 is 1.96 bits per heavy atom. The smallest absolute Gasteiger partial charge is 0.225 e. The zero-order valence-corrected chi connectivity index (χ0v) is 14.6. The van der Waals surface area contributed by atoms with Gasteiger partial charge in [-0.15, -0.1) is 0 Å². The van der Waals surface area contributed by atoms with Crippen LogP contribution in [0.1, 0.15) is 31.9 Å². The summed E-state index contributed by atoms with van der Waals surface area (Å²) in [4.78, 5) is 28.3. The van der Waals surface area contributed by atoms with Crippen molar-refractivity contribution in [2.75, 3.05) is 26.7 Å². The van der Waals surface area contributed by atoms with Crippen LogP contribution in [-0.2, 0) is 9.59 Å². The molecule has 1 aliphatic heterocycles. The largest absolute Gasteiger partial charge is 0.349 e. The monoisotopic (exact) mass is 337 g/mol. The van der Waals surface area contributed by atoms with E-state index in [4.69, 9.17) is 11.6 Å². The van der Waals surface area contributed by atoms with Crippen LogP contribution in [0, 0.1) is 0 Å². The SMILES string of the molecule is CC(=O)NC(CC(=O)N1CCN(C)CC1C)c1ccc(Cl)cc1. The van der Waals surface area contributed by atoms with Crippen LogP contribution >= 0.6 is 11.6 Å². The van der Waals surface area contributed by atoms with Crippen molar-refractivity contribution in [2.24, 2.45) is 0 Å². The average Bonchev–Trinajstić information content (AvgIpc) is 2.46. The van der Waals surface area contributed by atoms with Crippen molar-refractivity contribution in [3.8, 4) is 0 Å². The van der Waals surface area contributed by atoms with E-state index in [-0.39, 0.29) is 30.3 Å². The van der Waals surface area contributed by atoms with Gasteiger partial charge in [-0.05, 0) is 31.7 Å². The van der Waals surface area contributed by atoms with Crippen molar-refractivity contribution in [1.29, 1.82) is 0 Å². The minimum Gasteiger partial charge on any atom is -0.349 e. The van der Waals surface area contributed by atoms with Crippen LogP contribution in [0.4, 0.5) is 0 Å². The summed E-state index contributed by atoms with van der Waals surface area (Å²) in [6, 6.07) is 7.10. The lowest BCUT2D eigenvalue weighted by atomic mass is 10.0. The summed E-state index contributed by atoms with van der Waals surface area (Å²) >= 11 is 5.92. The summed E-state index contributed by atoms with van der Waals surface area (Å²) in [7, 11) is 2.06. The first kappa shape index (κ1) is 17.8. The highest BCUT2D eigenvalue weighted by molar-refractivity contribution is 6.30. The predicted octanol–water partition coefficient (Wildman–Crippen LogP) is 2.07. The van der Waals surface area contributed by atoms with Crippen LogP contribution in [0.25, 0.3) is 0 Å². The predicted molar refractivity (Wildman–Crippen MR) is 91.3 cm³/mol. The van der Waals surface area contributed by atoms with Gasteiger partial charge in [0.1, 0.15) is 0 Å². The number of nitrogens with one attached hydrogen (secondary N) is 1. The van der Waals surface area contributed by atoms with E-state index < -0.39 is 0 Å². The Morgan fingerprint density at radius 3 is 2.52 bits per heavy atom. The number of halogens is 1. The molecule has 126 valence electrons. The van der Waals surface area contributed by atoms with Crippen LogP contribution < -0.4 is 5.32 Å². The van der Waals surface area contributed by atoms with Gasteiger partial charge in [-0.2, -0.15) is 0 Å². The number of amides is 2. The van der Waals surface area contributed by atoms with Crippen LogP contribution in [0.2, 0.25) is 5.02 Å². The van der Waals surface area contributed by atoms with Gasteiger partial charge in [0.05, 0.1) is 12.5 Å². The minimum atomic E-state index is -0.330. The topological polar surface area (TPSA) is 52.7 Å². The highest BCUT2D eigenvalue weighted by atomic mass is 35.5.